The number of carbonyl (C=O) groups is 1. The fourth-order valence-electron chi connectivity index (χ4n) is 1.53. The number of hydrogen-bond donors (Lipinski definition) is 1. The van der Waals surface area contributed by atoms with Crippen molar-refractivity contribution in [2.75, 3.05) is 40.3 Å². The van der Waals surface area contributed by atoms with Crippen molar-refractivity contribution >= 4 is 5.91 Å². The average molecular weight is 215 g/mol. The monoisotopic (exact) mass is 215 g/mol. The van der Waals surface area contributed by atoms with Crippen molar-refractivity contribution in [2.45, 2.75) is 19.1 Å². The minimum absolute atomic E-state index is 0.0160. The Labute approximate surface area is 91.2 Å². The molecule has 0 saturated carbocycles. The van der Waals surface area contributed by atoms with E-state index < -0.39 is 0 Å². The van der Waals surface area contributed by atoms with Crippen LogP contribution in [0.5, 0.6) is 0 Å². The average Bonchev–Trinajstić information content (AvgIpc) is 2.18. The highest BCUT2D eigenvalue weighted by Crippen LogP contribution is 2.07. The van der Waals surface area contributed by atoms with Crippen LogP contribution in [-0.4, -0.2) is 68.2 Å². The Bertz CT molecular complexity index is 219. The van der Waals surface area contributed by atoms with Crippen molar-refractivity contribution in [3.63, 3.8) is 0 Å². The maximum atomic E-state index is 11.5. The number of hydrogen-bond acceptors (Lipinski definition) is 4. The van der Waals surface area contributed by atoms with E-state index in [1.165, 1.54) is 0 Å². The largest absolute Gasteiger partial charge is 0.374 e. The molecule has 0 aromatic carbocycles. The molecule has 5 nitrogen and oxygen atoms in total. The zero-order valence-electron chi connectivity index (χ0n) is 9.77. The molecule has 0 aromatic heterocycles. The smallest absolute Gasteiger partial charge is 0.236 e. The van der Waals surface area contributed by atoms with Crippen LogP contribution in [0.2, 0.25) is 0 Å². The fraction of sp³-hybridized carbons (Fsp3) is 0.900. The fourth-order valence-corrected chi connectivity index (χ4v) is 1.53. The number of amides is 1. The van der Waals surface area contributed by atoms with Crippen LogP contribution >= 0.6 is 0 Å². The summed E-state index contributed by atoms with van der Waals surface area (Å²) in [5, 5.41) is 0. The van der Waals surface area contributed by atoms with Crippen molar-refractivity contribution in [1.82, 2.24) is 9.80 Å². The van der Waals surface area contributed by atoms with E-state index in [9.17, 15) is 4.79 Å². The van der Waals surface area contributed by atoms with Gasteiger partial charge in [0.1, 0.15) is 0 Å². The number of nitrogens with two attached hydrogens (primary N) is 1. The van der Waals surface area contributed by atoms with E-state index in [-0.39, 0.29) is 18.1 Å². The van der Waals surface area contributed by atoms with Crippen LogP contribution in [0, 0.1) is 0 Å². The quantitative estimate of drug-likeness (QED) is 0.664. The molecule has 1 aliphatic heterocycles. The molecule has 1 rings (SSSR count). The number of carbonyl (C=O) groups excluding carboxylic acids is 1. The maximum absolute atomic E-state index is 11.5. The molecule has 0 bridgehead atoms. The zero-order chi connectivity index (χ0) is 11.4. The molecule has 0 spiro atoms. The van der Waals surface area contributed by atoms with Crippen molar-refractivity contribution < 1.29 is 9.53 Å². The molecule has 15 heavy (non-hydrogen) atoms. The van der Waals surface area contributed by atoms with Gasteiger partial charge in [0, 0.05) is 33.2 Å². The van der Waals surface area contributed by atoms with E-state index in [2.05, 4.69) is 4.90 Å². The van der Waals surface area contributed by atoms with Crippen LogP contribution in [0.4, 0.5) is 0 Å². The molecule has 88 valence electrons. The highest BCUT2D eigenvalue weighted by atomic mass is 16.5. The minimum atomic E-state index is 0.0160. The molecular formula is C10H21N3O2. The van der Waals surface area contributed by atoms with Gasteiger partial charge in [-0.1, -0.05) is 0 Å². The summed E-state index contributed by atoms with van der Waals surface area (Å²) in [6.45, 7) is 4.61. The number of likely N-dealkylation sites (N-methyl/N-ethyl adjacent to an activating group) is 1. The third kappa shape index (κ3) is 3.77. The first kappa shape index (κ1) is 12.4. The molecule has 1 saturated heterocycles. The summed E-state index contributed by atoms with van der Waals surface area (Å²) in [6.07, 6.45) is 0.0497. The highest BCUT2D eigenvalue weighted by molar-refractivity contribution is 5.77. The molecule has 0 aliphatic carbocycles. The maximum Gasteiger partial charge on any atom is 0.236 e. The topological polar surface area (TPSA) is 58.8 Å². The Kier molecular flexibility index (Phi) is 4.50. The summed E-state index contributed by atoms with van der Waals surface area (Å²) in [5.74, 6) is 0.125. The molecule has 0 radical (unpaired) electrons. The van der Waals surface area contributed by atoms with Crippen LogP contribution in [0.3, 0.4) is 0 Å². The van der Waals surface area contributed by atoms with Gasteiger partial charge in [-0.15, -0.1) is 0 Å². The lowest BCUT2D eigenvalue weighted by Gasteiger charge is -2.34. The van der Waals surface area contributed by atoms with E-state index in [1.807, 2.05) is 6.92 Å². The van der Waals surface area contributed by atoms with Crippen LogP contribution < -0.4 is 5.73 Å². The molecule has 2 N–H and O–H groups in total. The second kappa shape index (κ2) is 5.44. The van der Waals surface area contributed by atoms with Gasteiger partial charge in [0.15, 0.2) is 0 Å². The zero-order valence-corrected chi connectivity index (χ0v) is 9.77. The summed E-state index contributed by atoms with van der Waals surface area (Å²) in [7, 11) is 3.54. The molecule has 1 heterocycles. The molecule has 1 aliphatic rings. The van der Waals surface area contributed by atoms with Gasteiger partial charge in [-0.3, -0.25) is 9.69 Å². The number of morpholine rings is 1. The lowest BCUT2D eigenvalue weighted by molar-refractivity contribution is -0.132. The van der Waals surface area contributed by atoms with E-state index in [4.69, 9.17) is 10.5 Å². The van der Waals surface area contributed by atoms with Crippen molar-refractivity contribution in [3.05, 3.63) is 0 Å². The second-order valence-corrected chi connectivity index (χ2v) is 4.29. The third-order valence-corrected chi connectivity index (χ3v) is 2.62. The summed E-state index contributed by atoms with van der Waals surface area (Å²) in [4.78, 5) is 15.2. The molecule has 1 fully saturated rings. The second-order valence-electron chi connectivity index (χ2n) is 4.29. The normalized spacial score (nSPS) is 24.9. The highest BCUT2D eigenvalue weighted by Gasteiger charge is 2.24. The first-order valence-corrected chi connectivity index (χ1v) is 5.30. The van der Waals surface area contributed by atoms with Crippen LogP contribution in [0.1, 0.15) is 6.92 Å². The first-order chi connectivity index (χ1) is 7.00. The molecule has 0 aromatic rings. The SMILES string of the molecule is CC(N)C1CN(CC(=O)N(C)C)CCO1. The van der Waals surface area contributed by atoms with Gasteiger partial charge in [0.05, 0.1) is 19.3 Å². The van der Waals surface area contributed by atoms with E-state index >= 15 is 0 Å². The molecule has 1 amide bonds. The Morgan fingerprint density at radius 3 is 2.87 bits per heavy atom. The van der Waals surface area contributed by atoms with Crippen LogP contribution in [0.15, 0.2) is 0 Å². The van der Waals surface area contributed by atoms with Gasteiger partial charge in [0.2, 0.25) is 5.91 Å². The summed E-state index contributed by atoms with van der Waals surface area (Å²) in [6, 6.07) is 0.0160. The predicted octanol–water partition coefficient (Wildman–Crippen LogP) is -0.877. The van der Waals surface area contributed by atoms with Gasteiger partial charge in [0.25, 0.3) is 0 Å². The van der Waals surface area contributed by atoms with Crippen molar-refractivity contribution in [1.29, 1.82) is 0 Å². The van der Waals surface area contributed by atoms with Crippen molar-refractivity contribution in [3.8, 4) is 0 Å². The Morgan fingerprint density at radius 1 is 1.67 bits per heavy atom. The minimum Gasteiger partial charge on any atom is -0.374 e. The Hall–Kier alpha value is -0.650. The standard InChI is InChI=1S/C10H21N3O2/c1-8(11)9-6-13(4-5-15-9)7-10(14)12(2)3/h8-9H,4-7,11H2,1-3H3. The predicted molar refractivity (Wildman–Crippen MR) is 58.5 cm³/mol. The number of rotatable bonds is 3. The van der Waals surface area contributed by atoms with Crippen LogP contribution in [-0.2, 0) is 9.53 Å². The molecule has 5 heteroatoms. The Morgan fingerprint density at radius 2 is 2.33 bits per heavy atom. The van der Waals surface area contributed by atoms with E-state index in [0.29, 0.717) is 13.2 Å². The van der Waals surface area contributed by atoms with E-state index in [1.54, 1.807) is 19.0 Å². The van der Waals surface area contributed by atoms with Gasteiger partial charge in [-0.2, -0.15) is 0 Å². The summed E-state index contributed by atoms with van der Waals surface area (Å²) < 4.78 is 5.52. The van der Waals surface area contributed by atoms with Crippen molar-refractivity contribution in [2.24, 2.45) is 5.73 Å². The Balaban J connectivity index is 2.39. The first-order valence-electron chi connectivity index (χ1n) is 5.30. The van der Waals surface area contributed by atoms with Gasteiger partial charge >= 0.3 is 0 Å². The summed E-state index contributed by atoms with van der Waals surface area (Å²) >= 11 is 0. The molecule has 2 unspecified atom stereocenters. The van der Waals surface area contributed by atoms with E-state index in [0.717, 1.165) is 13.1 Å². The lowest BCUT2D eigenvalue weighted by Crippen LogP contribution is -2.51. The lowest BCUT2D eigenvalue weighted by atomic mass is 10.1. The summed E-state index contributed by atoms with van der Waals surface area (Å²) in [5.41, 5.74) is 5.77. The van der Waals surface area contributed by atoms with Gasteiger partial charge in [-0.05, 0) is 6.92 Å². The van der Waals surface area contributed by atoms with Crippen LogP contribution in [0.25, 0.3) is 0 Å². The number of nitrogens with zero attached hydrogens (tertiary/aromatic N) is 2. The molecular weight excluding hydrogens is 194 g/mol. The van der Waals surface area contributed by atoms with Gasteiger partial charge < -0.3 is 15.4 Å². The molecule has 2 atom stereocenters. The third-order valence-electron chi connectivity index (χ3n) is 2.62. The number of ether oxygens (including phenoxy) is 1. The van der Waals surface area contributed by atoms with Gasteiger partial charge in [-0.25, -0.2) is 0 Å².